The minimum atomic E-state index is -0.397. The highest BCUT2D eigenvalue weighted by molar-refractivity contribution is 9.10. The molecule has 27 heavy (non-hydrogen) atoms. The van der Waals surface area contributed by atoms with Gasteiger partial charge in [-0.3, -0.25) is 9.59 Å². The molecule has 5 rings (SSSR count). The fraction of sp³-hybridized carbons (Fsp3) is 0.158. The van der Waals surface area contributed by atoms with Gasteiger partial charge in [0.25, 0.3) is 5.91 Å². The molecule has 8 heteroatoms. The molecule has 0 saturated heterocycles. The lowest BCUT2D eigenvalue weighted by Crippen LogP contribution is -2.31. The fourth-order valence-corrected chi connectivity index (χ4v) is 3.76. The number of fused-ring (bicyclic) bond motifs is 3. The molecule has 3 heterocycles. The standard InChI is InChI=1S/C19H12BrNO6/c1-9(22)21-14-6-18-16(25-8-27-18)4-11(14)12(19(21)23)2-10-3-15-17(5-13(10)20)26-7-24-15/h2-6H,7-8H2,1H3. The Bertz CT molecular complexity index is 1060. The average molecular weight is 430 g/mol. The van der Waals surface area contributed by atoms with E-state index in [1.165, 1.54) is 6.92 Å². The minimum Gasteiger partial charge on any atom is -0.454 e. The number of carbonyl (C=O) groups is 2. The Kier molecular flexibility index (Phi) is 3.45. The van der Waals surface area contributed by atoms with Crippen LogP contribution < -0.4 is 23.8 Å². The average Bonchev–Trinajstić information content (AvgIpc) is 3.31. The SMILES string of the molecule is CC(=O)N1C(=O)C(=Cc2cc3c(cc2Br)OCO3)c2cc3c(cc21)OCO3. The Balaban J connectivity index is 1.68. The van der Waals surface area contributed by atoms with Gasteiger partial charge in [0.15, 0.2) is 23.0 Å². The molecule has 0 radical (unpaired) electrons. The predicted molar refractivity (Wildman–Crippen MR) is 98.9 cm³/mol. The summed E-state index contributed by atoms with van der Waals surface area (Å²) in [5.41, 5.74) is 2.22. The fourth-order valence-electron chi connectivity index (χ4n) is 3.33. The van der Waals surface area contributed by atoms with Gasteiger partial charge in [-0.05, 0) is 29.8 Å². The number of carbonyl (C=O) groups excluding carboxylic acids is 2. The van der Waals surface area contributed by atoms with Crippen LogP contribution in [0.5, 0.6) is 23.0 Å². The minimum absolute atomic E-state index is 0.110. The molecular weight excluding hydrogens is 418 g/mol. The van der Waals surface area contributed by atoms with E-state index in [4.69, 9.17) is 18.9 Å². The Morgan fingerprint density at radius 3 is 2.26 bits per heavy atom. The normalized spacial score (nSPS) is 17.6. The van der Waals surface area contributed by atoms with Crippen LogP contribution in [-0.2, 0) is 9.59 Å². The zero-order valence-electron chi connectivity index (χ0n) is 14.1. The molecule has 136 valence electrons. The lowest BCUT2D eigenvalue weighted by Gasteiger charge is -2.12. The molecule has 0 fully saturated rings. The van der Waals surface area contributed by atoms with Crippen molar-refractivity contribution in [1.82, 2.24) is 0 Å². The van der Waals surface area contributed by atoms with Crippen molar-refractivity contribution in [3.63, 3.8) is 0 Å². The molecule has 0 spiro atoms. The molecule has 0 aromatic heterocycles. The number of hydrogen-bond acceptors (Lipinski definition) is 6. The lowest BCUT2D eigenvalue weighted by molar-refractivity contribution is -0.122. The van der Waals surface area contributed by atoms with Gasteiger partial charge in [0, 0.05) is 23.0 Å². The second kappa shape index (κ2) is 5.75. The summed E-state index contributed by atoms with van der Waals surface area (Å²) in [6.45, 7) is 1.62. The Morgan fingerprint density at radius 2 is 1.59 bits per heavy atom. The van der Waals surface area contributed by atoms with Gasteiger partial charge in [0.1, 0.15) is 0 Å². The van der Waals surface area contributed by atoms with Gasteiger partial charge in [0.05, 0.1) is 11.3 Å². The number of amides is 2. The summed E-state index contributed by atoms with van der Waals surface area (Å²) >= 11 is 3.49. The number of benzene rings is 2. The molecule has 0 atom stereocenters. The monoisotopic (exact) mass is 429 g/mol. The molecule has 0 aliphatic carbocycles. The van der Waals surface area contributed by atoms with Crippen molar-refractivity contribution >= 4 is 45.1 Å². The molecule has 0 N–H and O–H groups in total. The molecule has 0 bridgehead atoms. The van der Waals surface area contributed by atoms with E-state index in [2.05, 4.69) is 15.9 Å². The predicted octanol–water partition coefficient (Wildman–Crippen LogP) is 3.34. The van der Waals surface area contributed by atoms with Gasteiger partial charge in [-0.15, -0.1) is 0 Å². The van der Waals surface area contributed by atoms with Crippen LogP contribution >= 0.6 is 15.9 Å². The largest absolute Gasteiger partial charge is 0.454 e. The summed E-state index contributed by atoms with van der Waals surface area (Å²) in [5, 5.41) is 0. The van der Waals surface area contributed by atoms with Crippen molar-refractivity contribution in [1.29, 1.82) is 0 Å². The first-order valence-corrected chi connectivity index (χ1v) is 8.92. The second-order valence-electron chi connectivity index (χ2n) is 6.17. The van der Waals surface area contributed by atoms with E-state index in [1.54, 1.807) is 30.3 Å². The molecule has 3 aliphatic heterocycles. The zero-order chi connectivity index (χ0) is 18.7. The van der Waals surface area contributed by atoms with Crippen molar-refractivity contribution in [3.05, 3.63) is 39.9 Å². The highest BCUT2D eigenvalue weighted by Crippen LogP contribution is 2.47. The van der Waals surface area contributed by atoms with Crippen molar-refractivity contribution in [3.8, 4) is 23.0 Å². The first-order chi connectivity index (χ1) is 13.0. The third kappa shape index (κ3) is 2.40. The summed E-state index contributed by atoms with van der Waals surface area (Å²) in [6, 6.07) is 6.96. The van der Waals surface area contributed by atoms with E-state index < -0.39 is 5.91 Å². The van der Waals surface area contributed by atoms with Crippen molar-refractivity contribution in [2.75, 3.05) is 18.5 Å². The first kappa shape index (κ1) is 16.2. The van der Waals surface area contributed by atoms with Crippen LogP contribution in [0.15, 0.2) is 28.7 Å². The molecule has 2 aromatic carbocycles. The van der Waals surface area contributed by atoms with E-state index in [0.29, 0.717) is 39.8 Å². The van der Waals surface area contributed by atoms with Gasteiger partial charge in [-0.25, -0.2) is 4.90 Å². The van der Waals surface area contributed by atoms with Crippen LogP contribution in [0.1, 0.15) is 18.1 Å². The topological polar surface area (TPSA) is 74.3 Å². The van der Waals surface area contributed by atoms with Crippen LogP contribution in [0, 0.1) is 0 Å². The number of ether oxygens (including phenoxy) is 4. The number of hydrogen-bond donors (Lipinski definition) is 0. The van der Waals surface area contributed by atoms with Crippen LogP contribution in [0.4, 0.5) is 5.69 Å². The smallest absolute Gasteiger partial charge is 0.265 e. The molecule has 2 amide bonds. The van der Waals surface area contributed by atoms with E-state index >= 15 is 0 Å². The number of imide groups is 1. The van der Waals surface area contributed by atoms with Crippen LogP contribution in [-0.4, -0.2) is 25.4 Å². The summed E-state index contributed by atoms with van der Waals surface area (Å²) in [5.74, 6) is 1.53. The summed E-state index contributed by atoms with van der Waals surface area (Å²) in [7, 11) is 0. The maximum absolute atomic E-state index is 13.0. The maximum Gasteiger partial charge on any atom is 0.265 e. The molecule has 7 nitrogen and oxygen atoms in total. The number of rotatable bonds is 1. The highest BCUT2D eigenvalue weighted by Gasteiger charge is 2.37. The Labute approximate surface area is 162 Å². The molecular formula is C19H12BrNO6. The molecule has 0 unspecified atom stereocenters. The quantitative estimate of drug-likeness (QED) is 0.647. The second-order valence-corrected chi connectivity index (χ2v) is 7.02. The van der Waals surface area contributed by atoms with Crippen molar-refractivity contribution in [2.24, 2.45) is 0 Å². The zero-order valence-corrected chi connectivity index (χ0v) is 15.7. The molecule has 2 aromatic rings. The van der Waals surface area contributed by atoms with Crippen LogP contribution in [0.3, 0.4) is 0 Å². The third-order valence-corrected chi connectivity index (χ3v) is 5.25. The Morgan fingerprint density at radius 1 is 1.00 bits per heavy atom. The first-order valence-electron chi connectivity index (χ1n) is 8.13. The maximum atomic E-state index is 13.0. The third-order valence-electron chi connectivity index (χ3n) is 4.56. The van der Waals surface area contributed by atoms with Gasteiger partial charge < -0.3 is 18.9 Å². The van der Waals surface area contributed by atoms with Crippen LogP contribution in [0.2, 0.25) is 0 Å². The van der Waals surface area contributed by atoms with E-state index in [1.807, 2.05) is 0 Å². The number of anilines is 1. The summed E-state index contributed by atoms with van der Waals surface area (Å²) in [6.07, 6.45) is 1.72. The van der Waals surface area contributed by atoms with E-state index in [9.17, 15) is 9.59 Å². The van der Waals surface area contributed by atoms with Gasteiger partial charge in [-0.1, -0.05) is 15.9 Å². The van der Waals surface area contributed by atoms with Gasteiger partial charge in [0.2, 0.25) is 19.5 Å². The lowest BCUT2D eigenvalue weighted by atomic mass is 10.0. The van der Waals surface area contributed by atoms with E-state index in [0.717, 1.165) is 14.9 Å². The molecule has 0 saturated carbocycles. The number of halogens is 1. The van der Waals surface area contributed by atoms with Crippen molar-refractivity contribution in [2.45, 2.75) is 6.92 Å². The Hall–Kier alpha value is -3.00. The van der Waals surface area contributed by atoms with E-state index in [-0.39, 0.29) is 19.5 Å². The van der Waals surface area contributed by atoms with Gasteiger partial charge in [-0.2, -0.15) is 0 Å². The summed E-state index contributed by atoms with van der Waals surface area (Å²) < 4.78 is 22.3. The highest BCUT2D eigenvalue weighted by atomic mass is 79.9. The van der Waals surface area contributed by atoms with Gasteiger partial charge >= 0.3 is 0 Å². The van der Waals surface area contributed by atoms with Crippen LogP contribution in [0.25, 0.3) is 11.6 Å². The molecule has 3 aliphatic rings. The summed E-state index contributed by atoms with van der Waals surface area (Å²) in [4.78, 5) is 26.2. The van der Waals surface area contributed by atoms with Crippen molar-refractivity contribution < 1.29 is 28.5 Å². The number of nitrogens with zero attached hydrogens (tertiary/aromatic N) is 1.